The van der Waals surface area contributed by atoms with E-state index in [0.29, 0.717) is 74.2 Å². The van der Waals surface area contributed by atoms with Crippen molar-refractivity contribution in [3.8, 4) is 0 Å². The first kappa shape index (κ1) is 36.7. The summed E-state index contributed by atoms with van der Waals surface area (Å²) in [6.45, 7) is 6.42. The molecule has 268 valence electrons. The highest BCUT2D eigenvalue weighted by Gasteiger charge is 2.37. The van der Waals surface area contributed by atoms with E-state index in [4.69, 9.17) is 5.11 Å². The van der Waals surface area contributed by atoms with Crippen LogP contribution >= 0.6 is 10.6 Å². The van der Waals surface area contributed by atoms with E-state index in [2.05, 4.69) is 21.9 Å². The van der Waals surface area contributed by atoms with Crippen LogP contribution in [0.3, 0.4) is 0 Å². The van der Waals surface area contributed by atoms with Gasteiger partial charge in [-0.25, -0.2) is 27.9 Å². The number of aromatic nitrogens is 3. The number of carboxylic acid groups (broad SMARTS) is 1. The number of unbranched alkanes of at least 4 members (excludes halogenated alkanes) is 2. The Kier molecular flexibility index (Phi) is 11.6. The molecule has 1 atom stereocenters. The number of rotatable bonds is 13. The number of aryl methyl sites for hydroxylation is 1. The molecule has 0 radical (unpaired) electrons. The van der Waals surface area contributed by atoms with Crippen LogP contribution in [0.2, 0.25) is 0 Å². The summed E-state index contributed by atoms with van der Waals surface area (Å²) in [5.41, 5.74) is 0.0769. The molecule has 3 aromatic rings. The van der Waals surface area contributed by atoms with Crippen LogP contribution in [0.5, 0.6) is 0 Å². The third-order valence-electron chi connectivity index (χ3n) is 9.97. The number of hydrogen-bond acceptors (Lipinski definition) is 7. The summed E-state index contributed by atoms with van der Waals surface area (Å²) < 4.78 is 68.9. The van der Waals surface area contributed by atoms with Gasteiger partial charge in [-0.2, -0.15) is 10.6 Å². The average molecular weight is 706 g/mol. The standard InChI is InChI=1S/C35H46F3N5O5S/c1-3-4-5-6-16-43-32-28(21-27(33(43)44)25-13-19-49(47,48)20-14-25)31(39-22-40-32)41-23(2)26-8-7-9-29(30(26)36)35(37,38)15-10-24-11-17-42(18-12-24)34(45)46/h3,7-9,21-25,47-48H,1,4-6,10-20H2,2H3,(H,45,46)(H,39,40,41). The fourth-order valence-corrected chi connectivity index (χ4v) is 8.51. The molecule has 0 saturated carbocycles. The highest BCUT2D eigenvalue weighted by Crippen LogP contribution is 2.48. The minimum Gasteiger partial charge on any atom is -0.465 e. The van der Waals surface area contributed by atoms with Gasteiger partial charge < -0.3 is 15.3 Å². The van der Waals surface area contributed by atoms with Crippen molar-refractivity contribution in [2.24, 2.45) is 5.92 Å². The minimum absolute atomic E-state index is 0.0363. The first-order valence-corrected chi connectivity index (χ1v) is 18.8. The molecule has 5 rings (SSSR count). The lowest BCUT2D eigenvalue weighted by atomic mass is 9.89. The summed E-state index contributed by atoms with van der Waals surface area (Å²) in [6.07, 6.45) is 5.92. The van der Waals surface area contributed by atoms with Crippen molar-refractivity contribution in [3.63, 3.8) is 0 Å². The summed E-state index contributed by atoms with van der Waals surface area (Å²) in [5, 5.41) is 12.9. The highest BCUT2D eigenvalue weighted by molar-refractivity contribution is 8.24. The van der Waals surface area contributed by atoms with Gasteiger partial charge in [0.1, 0.15) is 23.6 Å². The minimum atomic E-state index is -3.43. The first-order valence-electron chi connectivity index (χ1n) is 17.0. The largest absolute Gasteiger partial charge is 0.465 e. The van der Waals surface area contributed by atoms with Crippen LogP contribution < -0.4 is 10.9 Å². The van der Waals surface area contributed by atoms with Crippen LogP contribution in [-0.4, -0.2) is 64.3 Å². The van der Waals surface area contributed by atoms with Crippen LogP contribution in [0.15, 0.2) is 48.0 Å². The summed E-state index contributed by atoms with van der Waals surface area (Å²) in [5.74, 6) is -3.94. The van der Waals surface area contributed by atoms with Crippen LogP contribution in [0.1, 0.15) is 93.4 Å². The second-order valence-electron chi connectivity index (χ2n) is 13.3. The first-order chi connectivity index (χ1) is 23.3. The van der Waals surface area contributed by atoms with Gasteiger partial charge in [0.15, 0.2) is 0 Å². The second kappa shape index (κ2) is 15.5. The van der Waals surface area contributed by atoms with Gasteiger partial charge in [0.05, 0.1) is 17.0 Å². The lowest BCUT2D eigenvalue weighted by molar-refractivity contribution is -0.0248. The third-order valence-corrected chi connectivity index (χ3v) is 11.7. The van der Waals surface area contributed by atoms with Crippen molar-refractivity contribution in [1.29, 1.82) is 0 Å². The monoisotopic (exact) mass is 705 g/mol. The zero-order chi connectivity index (χ0) is 35.3. The van der Waals surface area contributed by atoms with Crippen molar-refractivity contribution in [2.75, 3.05) is 29.9 Å². The highest BCUT2D eigenvalue weighted by atomic mass is 32.3. The van der Waals surface area contributed by atoms with Gasteiger partial charge in [0.25, 0.3) is 11.5 Å². The number of amides is 1. The van der Waals surface area contributed by atoms with E-state index < -0.39 is 46.4 Å². The summed E-state index contributed by atoms with van der Waals surface area (Å²) >= 11 is 0. The fourth-order valence-electron chi connectivity index (χ4n) is 6.98. The quantitative estimate of drug-likeness (QED) is 0.103. The Labute approximate surface area is 285 Å². The van der Waals surface area contributed by atoms with Gasteiger partial charge in [0.2, 0.25) is 0 Å². The SMILES string of the molecule is C=CCCCCn1c(=O)c(C2CCS(O)(O)CC2)cc2c(NC(C)c3cccc(C(F)(F)CCC4CCN(C(=O)O)CC4)c3F)ncnc21. The Morgan fingerprint density at radius 1 is 1.16 bits per heavy atom. The van der Waals surface area contributed by atoms with Gasteiger partial charge in [0, 0.05) is 48.7 Å². The van der Waals surface area contributed by atoms with Gasteiger partial charge in [-0.15, -0.1) is 6.58 Å². The molecule has 14 heteroatoms. The predicted octanol–water partition coefficient (Wildman–Crippen LogP) is 8.35. The predicted molar refractivity (Wildman–Crippen MR) is 186 cm³/mol. The number of benzene rings is 1. The van der Waals surface area contributed by atoms with E-state index in [1.807, 2.05) is 6.08 Å². The number of anilines is 1. The van der Waals surface area contributed by atoms with Gasteiger partial charge in [-0.05, 0) is 76.2 Å². The van der Waals surface area contributed by atoms with Crippen molar-refractivity contribution < 1.29 is 32.2 Å². The number of halogens is 3. The molecule has 1 amide bonds. The maximum Gasteiger partial charge on any atom is 0.407 e. The number of hydrogen-bond donors (Lipinski definition) is 4. The number of pyridine rings is 1. The van der Waals surface area contributed by atoms with E-state index in [1.54, 1.807) is 17.6 Å². The molecule has 2 aliphatic rings. The Morgan fingerprint density at radius 3 is 2.55 bits per heavy atom. The number of likely N-dealkylation sites (tertiary alicyclic amines) is 1. The molecule has 10 nitrogen and oxygen atoms in total. The molecule has 4 N–H and O–H groups in total. The van der Waals surface area contributed by atoms with E-state index in [9.17, 15) is 18.7 Å². The van der Waals surface area contributed by atoms with Gasteiger partial charge in [-0.1, -0.05) is 24.3 Å². The number of carbonyl (C=O) groups is 1. The van der Waals surface area contributed by atoms with Crippen LogP contribution in [-0.2, 0) is 12.5 Å². The molecule has 0 aliphatic carbocycles. The zero-order valence-electron chi connectivity index (χ0n) is 27.8. The molecule has 2 aliphatic heterocycles. The average Bonchev–Trinajstić information content (AvgIpc) is 3.07. The maximum absolute atomic E-state index is 15.9. The summed E-state index contributed by atoms with van der Waals surface area (Å²) in [7, 11) is -2.66. The Bertz CT molecular complexity index is 1700. The molecule has 49 heavy (non-hydrogen) atoms. The molecule has 0 spiro atoms. The van der Waals surface area contributed by atoms with Gasteiger partial charge >= 0.3 is 6.09 Å². The molecule has 2 aromatic heterocycles. The van der Waals surface area contributed by atoms with Crippen molar-refractivity contribution in [3.05, 3.63) is 76.1 Å². The van der Waals surface area contributed by atoms with Crippen LogP contribution in [0.25, 0.3) is 11.0 Å². The molecule has 1 unspecified atom stereocenters. The topological polar surface area (TPSA) is 141 Å². The lowest BCUT2D eigenvalue weighted by Gasteiger charge is -2.39. The normalized spacial score (nSPS) is 18.7. The molecule has 2 fully saturated rings. The van der Waals surface area contributed by atoms with Crippen molar-refractivity contribution in [2.45, 2.75) is 89.1 Å². The number of alkyl halides is 2. The van der Waals surface area contributed by atoms with Crippen molar-refractivity contribution >= 4 is 33.5 Å². The summed E-state index contributed by atoms with van der Waals surface area (Å²) in [4.78, 5) is 35.1. The number of piperidine rings is 1. The number of fused-ring (bicyclic) bond motifs is 1. The second-order valence-corrected chi connectivity index (χ2v) is 15.7. The maximum atomic E-state index is 15.9. The number of nitrogens with zero attached hydrogens (tertiary/aromatic N) is 4. The van der Waals surface area contributed by atoms with Crippen LogP contribution in [0.4, 0.5) is 23.8 Å². The third kappa shape index (κ3) is 8.58. The van der Waals surface area contributed by atoms with Crippen molar-refractivity contribution in [1.82, 2.24) is 19.4 Å². The molecule has 0 bridgehead atoms. The Hall–Kier alpha value is -3.62. The van der Waals surface area contributed by atoms with E-state index in [-0.39, 0.29) is 40.9 Å². The molecule has 4 heterocycles. The molecular weight excluding hydrogens is 659 g/mol. The molecule has 1 aromatic carbocycles. The lowest BCUT2D eigenvalue weighted by Crippen LogP contribution is -2.37. The van der Waals surface area contributed by atoms with Gasteiger partial charge in [-0.3, -0.25) is 18.5 Å². The fraction of sp³-hybridized carbons (Fsp3) is 0.543. The van der Waals surface area contributed by atoms with E-state index in [1.165, 1.54) is 23.4 Å². The molecular formula is C35H46F3N5O5S. The van der Waals surface area contributed by atoms with E-state index in [0.717, 1.165) is 18.9 Å². The smallest absolute Gasteiger partial charge is 0.407 e. The van der Waals surface area contributed by atoms with Crippen LogP contribution in [0, 0.1) is 11.7 Å². The number of allylic oxidation sites excluding steroid dienone is 1. The zero-order valence-corrected chi connectivity index (χ0v) is 28.6. The number of nitrogens with one attached hydrogen (secondary N) is 1. The Balaban J connectivity index is 1.40. The summed E-state index contributed by atoms with van der Waals surface area (Å²) in [6, 6.07) is 4.92. The Morgan fingerprint density at radius 2 is 1.88 bits per heavy atom. The van der Waals surface area contributed by atoms with E-state index >= 15 is 13.2 Å². The molecule has 2 saturated heterocycles.